The zero-order valence-corrected chi connectivity index (χ0v) is 33.6. The molecule has 4 aromatic carbocycles. The van der Waals surface area contributed by atoms with E-state index >= 15 is 0 Å². The standard InChI is InChI=1S/C28H23FNO.C15H18GeN.Ir/c1-17(2)18(3)20-12-13-30-26(15-20)22-7-11-27-25(14-22)24-10-6-21(16-28(24)31-27)19-4-8-23(29)9-5-19;1-12-10-15(13-8-6-5-7-9-13)17-11-14(12)16(2,3)4;/h4-6,8-18H,1-3H3;5-8,10-11H,1-4H3;/q2*-1;. The van der Waals surface area contributed by atoms with Crippen LogP contribution in [0, 0.1) is 30.8 Å². The number of nitrogens with zero attached hydrogens (tertiary/aromatic N) is 2. The summed E-state index contributed by atoms with van der Waals surface area (Å²) >= 11 is -1.77. The van der Waals surface area contributed by atoms with E-state index in [1.54, 1.807) is 12.1 Å². The van der Waals surface area contributed by atoms with Gasteiger partial charge in [-0.2, -0.15) is 0 Å². The first kappa shape index (κ1) is 36.4. The average Bonchev–Trinajstić information content (AvgIpc) is 3.45. The van der Waals surface area contributed by atoms with Crippen LogP contribution in [0.4, 0.5) is 4.39 Å². The molecule has 3 heterocycles. The smallest absolute Gasteiger partial charge is 0 e. The number of rotatable bonds is 6. The molecule has 1 unspecified atom stereocenters. The van der Waals surface area contributed by atoms with Gasteiger partial charge in [-0.1, -0.05) is 62.1 Å². The molecule has 0 amide bonds. The molecule has 1 radical (unpaired) electrons. The van der Waals surface area contributed by atoms with E-state index in [0.29, 0.717) is 11.8 Å². The van der Waals surface area contributed by atoms with Gasteiger partial charge >= 0.3 is 106 Å². The second-order valence-electron chi connectivity index (χ2n) is 13.9. The summed E-state index contributed by atoms with van der Waals surface area (Å²) in [5.41, 5.74) is 10.2. The summed E-state index contributed by atoms with van der Waals surface area (Å²) in [6.07, 6.45) is 3.95. The van der Waals surface area contributed by atoms with Gasteiger partial charge in [0.2, 0.25) is 0 Å². The predicted octanol–water partition coefficient (Wildman–Crippen LogP) is 11.4. The van der Waals surface area contributed by atoms with Crippen LogP contribution in [0.15, 0.2) is 114 Å². The quantitative estimate of drug-likeness (QED) is 0.123. The Labute approximate surface area is 305 Å². The van der Waals surface area contributed by atoms with Gasteiger partial charge in [-0.15, -0.1) is 23.8 Å². The van der Waals surface area contributed by atoms with Crippen molar-refractivity contribution in [2.45, 2.75) is 50.9 Å². The molecular formula is C43H41FGeIrN2O-2. The van der Waals surface area contributed by atoms with Gasteiger partial charge in [0.25, 0.3) is 0 Å². The van der Waals surface area contributed by atoms with Crippen molar-refractivity contribution in [2.24, 2.45) is 5.92 Å². The van der Waals surface area contributed by atoms with Crippen molar-refractivity contribution in [1.29, 1.82) is 0 Å². The zero-order valence-electron chi connectivity index (χ0n) is 29.1. The van der Waals surface area contributed by atoms with Gasteiger partial charge in [0.1, 0.15) is 11.4 Å². The van der Waals surface area contributed by atoms with E-state index in [1.165, 1.54) is 27.7 Å². The van der Waals surface area contributed by atoms with Crippen LogP contribution in [0.5, 0.6) is 0 Å². The molecule has 7 aromatic rings. The number of furan rings is 1. The van der Waals surface area contributed by atoms with Crippen molar-refractivity contribution in [3.8, 4) is 33.6 Å². The Balaban J connectivity index is 0.000000221. The maximum absolute atomic E-state index is 13.3. The minimum absolute atomic E-state index is 0. The Morgan fingerprint density at radius 2 is 1.47 bits per heavy atom. The predicted molar refractivity (Wildman–Crippen MR) is 201 cm³/mol. The van der Waals surface area contributed by atoms with E-state index in [4.69, 9.17) is 4.42 Å². The number of pyridine rings is 2. The summed E-state index contributed by atoms with van der Waals surface area (Å²) in [5, 5.41) is 2.08. The molecule has 3 aromatic heterocycles. The summed E-state index contributed by atoms with van der Waals surface area (Å²) < 4.78 is 20.8. The van der Waals surface area contributed by atoms with Gasteiger partial charge in [0, 0.05) is 31.7 Å². The second-order valence-corrected chi connectivity index (χ2v) is 24.4. The van der Waals surface area contributed by atoms with Crippen LogP contribution in [0.1, 0.15) is 37.8 Å². The normalized spacial score (nSPS) is 12.0. The van der Waals surface area contributed by atoms with Crippen molar-refractivity contribution < 1.29 is 28.9 Å². The van der Waals surface area contributed by atoms with Crippen LogP contribution in [0.2, 0.25) is 17.3 Å². The van der Waals surface area contributed by atoms with Crippen molar-refractivity contribution >= 4 is 39.6 Å². The van der Waals surface area contributed by atoms with Gasteiger partial charge < -0.3 is 9.40 Å². The van der Waals surface area contributed by atoms with Gasteiger partial charge in [0.15, 0.2) is 0 Å². The number of fused-ring (bicyclic) bond motifs is 3. The second kappa shape index (κ2) is 15.3. The number of aromatic nitrogens is 2. The number of benzene rings is 4. The summed E-state index contributed by atoms with van der Waals surface area (Å²) in [7, 11) is 0. The minimum atomic E-state index is -1.77. The van der Waals surface area contributed by atoms with E-state index < -0.39 is 13.3 Å². The third-order valence-corrected chi connectivity index (χ3v) is 13.6. The van der Waals surface area contributed by atoms with Crippen molar-refractivity contribution in [3.05, 3.63) is 139 Å². The van der Waals surface area contributed by atoms with E-state index in [-0.39, 0.29) is 25.9 Å². The first-order chi connectivity index (χ1) is 23.0. The fourth-order valence-corrected chi connectivity index (χ4v) is 9.58. The monoisotopic (exact) mass is 887 g/mol. The zero-order chi connectivity index (χ0) is 34.0. The Morgan fingerprint density at radius 3 is 2.14 bits per heavy atom. The summed E-state index contributed by atoms with van der Waals surface area (Å²) in [4.78, 5) is 9.18. The fourth-order valence-electron chi connectivity index (χ4n) is 5.99. The molecular weight excluding hydrogens is 844 g/mol. The molecule has 49 heavy (non-hydrogen) atoms. The summed E-state index contributed by atoms with van der Waals surface area (Å²) in [5.74, 6) is 7.99. The molecule has 251 valence electrons. The SMILES string of the molecule is CC(C)C(C)c1ccnc(-c2[c-]cc3oc4cc(-c5ccc(F)cc5)ccc4c3c2)c1.Cc1cc(-c2[c-]cccc2)nc[c]1[Ge]([CH3])([CH3])[CH3].[Ir]. The largest absolute Gasteiger partial charge is 0 e. The first-order valence-corrected chi connectivity index (χ1v) is 23.9. The molecule has 0 N–H and O–H groups in total. The van der Waals surface area contributed by atoms with Crippen LogP contribution >= 0.6 is 0 Å². The van der Waals surface area contributed by atoms with Crippen molar-refractivity contribution in [3.63, 3.8) is 0 Å². The summed E-state index contributed by atoms with van der Waals surface area (Å²) in [6.45, 7) is 8.92. The fraction of sp³-hybridized carbons (Fsp3) is 0.209. The van der Waals surface area contributed by atoms with Crippen molar-refractivity contribution in [2.75, 3.05) is 0 Å². The molecule has 1 atom stereocenters. The molecule has 0 spiro atoms. The Hall–Kier alpha value is -3.90. The van der Waals surface area contributed by atoms with Crippen molar-refractivity contribution in [1.82, 2.24) is 9.97 Å². The number of halogens is 1. The molecule has 6 heteroatoms. The molecule has 0 fully saturated rings. The number of hydrogen-bond acceptors (Lipinski definition) is 3. The average molecular weight is 886 g/mol. The van der Waals surface area contributed by atoms with E-state index in [2.05, 4.69) is 110 Å². The van der Waals surface area contributed by atoms with Crippen LogP contribution in [0.3, 0.4) is 0 Å². The Kier molecular flexibility index (Phi) is 11.4. The minimum Gasteiger partial charge on any atom is 0 e. The maximum atomic E-state index is 13.3. The topological polar surface area (TPSA) is 38.9 Å². The molecule has 0 aliphatic carbocycles. The van der Waals surface area contributed by atoms with Crippen LogP contribution in [-0.2, 0) is 20.1 Å². The number of hydrogen-bond donors (Lipinski definition) is 0. The maximum Gasteiger partial charge on any atom is 0 e. The third-order valence-electron chi connectivity index (χ3n) is 9.07. The molecule has 0 aliphatic heterocycles. The van der Waals surface area contributed by atoms with Gasteiger partial charge in [-0.25, -0.2) is 4.39 Å². The van der Waals surface area contributed by atoms with E-state index in [1.807, 2.05) is 42.6 Å². The van der Waals surface area contributed by atoms with E-state index in [0.717, 1.165) is 55.6 Å². The Bertz CT molecular complexity index is 2190. The van der Waals surface area contributed by atoms with Crippen LogP contribution < -0.4 is 4.40 Å². The van der Waals surface area contributed by atoms with Gasteiger partial charge in [-0.3, -0.25) is 0 Å². The van der Waals surface area contributed by atoms with E-state index in [9.17, 15) is 4.39 Å². The van der Waals surface area contributed by atoms with Gasteiger partial charge in [-0.05, 0) is 52.9 Å². The first-order valence-electron chi connectivity index (χ1n) is 16.5. The molecule has 0 aliphatic rings. The van der Waals surface area contributed by atoms with Crippen LogP contribution in [0.25, 0.3) is 55.6 Å². The third kappa shape index (κ3) is 8.29. The Morgan fingerprint density at radius 1 is 0.735 bits per heavy atom. The molecule has 0 bridgehead atoms. The summed E-state index contributed by atoms with van der Waals surface area (Å²) in [6, 6.07) is 37.6. The molecule has 7 rings (SSSR count). The molecule has 3 nitrogen and oxygen atoms in total. The van der Waals surface area contributed by atoms with Crippen LogP contribution in [-0.4, -0.2) is 23.2 Å². The van der Waals surface area contributed by atoms with Gasteiger partial charge in [0.05, 0.1) is 5.58 Å². The molecule has 0 saturated heterocycles. The molecule has 0 saturated carbocycles. The number of aryl methyl sites for hydroxylation is 1.